The van der Waals surface area contributed by atoms with E-state index in [4.69, 9.17) is 4.74 Å². The predicted molar refractivity (Wildman–Crippen MR) is 123 cm³/mol. The highest BCUT2D eigenvalue weighted by molar-refractivity contribution is 7.99. The zero-order valence-corrected chi connectivity index (χ0v) is 18.5. The molecule has 0 amide bonds. The van der Waals surface area contributed by atoms with Crippen molar-refractivity contribution >= 4 is 23.7 Å². The minimum atomic E-state index is -0.622. The third kappa shape index (κ3) is 7.91. The van der Waals surface area contributed by atoms with Crippen LogP contribution in [0.4, 0.5) is 5.69 Å². The lowest BCUT2D eigenvalue weighted by atomic mass is 10.1. The number of carbonyl (C=O) groups is 1. The van der Waals surface area contributed by atoms with Gasteiger partial charge in [0, 0.05) is 12.3 Å². The van der Waals surface area contributed by atoms with Crippen LogP contribution in [0.1, 0.15) is 62.2 Å². The van der Waals surface area contributed by atoms with E-state index in [0.717, 1.165) is 24.5 Å². The zero-order chi connectivity index (χ0) is 21.6. The first-order chi connectivity index (χ1) is 14.7. The molecular weight excluding hydrogens is 402 g/mol. The van der Waals surface area contributed by atoms with Gasteiger partial charge in [0.1, 0.15) is 12.3 Å². The molecule has 0 spiro atoms. The number of nitrogens with zero attached hydrogens (tertiary/aromatic N) is 1. The molecule has 30 heavy (non-hydrogen) atoms. The minimum absolute atomic E-state index is 0.282. The summed E-state index contributed by atoms with van der Waals surface area (Å²) in [6, 6.07) is 7.08. The van der Waals surface area contributed by atoms with Gasteiger partial charge in [0.25, 0.3) is 5.56 Å². The van der Waals surface area contributed by atoms with Gasteiger partial charge in [-0.25, -0.2) is 4.68 Å². The van der Waals surface area contributed by atoms with Crippen molar-refractivity contribution in [1.82, 2.24) is 9.78 Å². The van der Waals surface area contributed by atoms with E-state index in [1.807, 2.05) is 23.9 Å². The summed E-state index contributed by atoms with van der Waals surface area (Å²) in [4.78, 5) is 22.4. The van der Waals surface area contributed by atoms with Gasteiger partial charge in [0.15, 0.2) is 6.29 Å². The van der Waals surface area contributed by atoms with Gasteiger partial charge in [-0.1, -0.05) is 39.0 Å². The second-order valence-electron chi connectivity index (χ2n) is 7.14. The van der Waals surface area contributed by atoms with Crippen LogP contribution < -0.4 is 10.9 Å². The summed E-state index contributed by atoms with van der Waals surface area (Å²) >= 11 is 2.01. The fourth-order valence-corrected chi connectivity index (χ4v) is 3.95. The number of aldehydes is 1. The maximum Gasteiger partial charge on any atom is 0.279 e. The molecule has 0 unspecified atom stereocenters. The molecule has 0 bridgehead atoms. The first-order valence-electron chi connectivity index (χ1n) is 10.7. The summed E-state index contributed by atoms with van der Waals surface area (Å²) in [6.45, 7) is 3.39. The van der Waals surface area contributed by atoms with Gasteiger partial charge in [-0.2, -0.15) is 11.8 Å². The highest BCUT2D eigenvalue weighted by atomic mass is 32.2. The highest BCUT2D eigenvalue weighted by Crippen LogP contribution is 2.19. The number of aromatic nitrogens is 2. The van der Waals surface area contributed by atoms with Crippen molar-refractivity contribution in [2.24, 2.45) is 0 Å². The number of H-pyrrole nitrogens is 1. The molecule has 0 saturated carbocycles. The molecule has 2 rings (SSSR count). The van der Waals surface area contributed by atoms with Gasteiger partial charge >= 0.3 is 0 Å². The Kier molecular flexibility index (Phi) is 11.2. The Morgan fingerprint density at radius 1 is 1.10 bits per heavy atom. The van der Waals surface area contributed by atoms with Gasteiger partial charge in [0.05, 0.1) is 5.69 Å². The Balaban J connectivity index is 1.56. The van der Waals surface area contributed by atoms with Crippen LogP contribution in [-0.2, 0) is 4.74 Å². The van der Waals surface area contributed by atoms with Gasteiger partial charge in [-0.05, 0) is 48.6 Å². The number of ether oxygens (including phenoxy) is 1. The van der Waals surface area contributed by atoms with E-state index < -0.39 is 11.4 Å². The molecule has 0 fully saturated rings. The van der Waals surface area contributed by atoms with Crippen LogP contribution >= 0.6 is 11.8 Å². The third-order valence-corrected chi connectivity index (χ3v) is 5.91. The van der Waals surface area contributed by atoms with Crippen molar-refractivity contribution in [3.63, 3.8) is 0 Å². The van der Waals surface area contributed by atoms with Gasteiger partial charge in [-0.3, -0.25) is 14.7 Å². The van der Waals surface area contributed by atoms with Crippen molar-refractivity contribution < 1.29 is 14.6 Å². The van der Waals surface area contributed by atoms with Gasteiger partial charge in [0.2, 0.25) is 5.88 Å². The van der Waals surface area contributed by atoms with E-state index in [9.17, 15) is 14.7 Å². The quantitative estimate of drug-likeness (QED) is 0.203. The first kappa shape index (κ1) is 24.1. The van der Waals surface area contributed by atoms with E-state index >= 15 is 0 Å². The molecule has 1 aromatic carbocycles. The minimum Gasteiger partial charge on any atom is -0.493 e. The van der Waals surface area contributed by atoms with Gasteiger partial charge in [-0.15, -0.1) is 0 Å². The number of aromatic hydroxyl groups is 1. The molecule has 8 heteroatoms. The number of hydrogen-bond donors (Lipinski definition) is 3. The van der Waals surface area contributed by atoms with E-state index in [1.165, 1.54) is 49.0 Å². The molecule has 0 radical (unpaired) electrons. The van der Waals surface area contributed by atoms with E-state index in [0.29, 0.717) is 18.7 Å². The second-order valence-corrected chi connectivity index (χ2v) is 8.37. The molecular formula is C22H33N3O4S. The highest BCUT2D eigenvalue weighted by Gasteiger charge is 2.13. The van der Waals surface area contributed by atoms with E-state index in [-0.39, 0.29) is 5.56 Å². The second kappa shape index (κ2) is 13.9. The number of thioether (sulfide) groups is 1. The molecule has 1 heterocycles. The average molecular weight is 436 g/mol. The number of hydrogen-bond acceptors (Lipinski definition) is 6. The van der Waals surface area contributed by atoms with Crippen LogP contribution in [0, 0.1) is 0 Å². The molecule has 7 nitrogen and oxygen atoms in total. The normalized spacial score (nSPS) is 11.0. The fourth-order valence-electron chi connectivity index (χ4n) is 3.01. The van der Waals surface area contributed by atoms with Gasteiger partial charge < -0.3 is 15.2 Å². The largest absolute Gasteiger partial charge is 0.493 e. The Morgan fingerprint density at radius 2 is 1.80 bits per heavy atom. The van der Waals surface area contributed by atoms with Crippen molar-refractivity contribution in [2.45, 2.75) is 51.9 Å². The van der Waals surface area contributed by atoms with Crippen molar-refractivity contribution in [1.29, 1.82) is 0 Å². The third-order valence-electron chi connectivity index (χ3n) is 4.75. The fraction of sp³-hybridized carbons (Fsp3) is 0.545. The smallest absolute Gasteiger partial charge is 0.279 e. The molecule has 0 aliphatic heterocycles. The summed E-state index contributed by atoms with van der Waals surface area (Å²) in [7, 11) is 0. The zero-order valence-electron chi connectivity index (χ0n) is 17.7. The number of aromatic amines is 1. The summed E-state index contributed by atoms with van der Waals surface area (Å²) in [5.41, 5.74) is 0.506. The average Bonchev–Trinajstić information content (AvgIpc) is 3.05. The van der Waals surface area contributed by atoms with E-state index in [1.54, 1.807) is 12.1 Å². The Bertz CT molecular complexity index is 802. The SMILES string of the molecule is CCCCCCCCSCCCOCNc1ccc(-n2[nH]c(=O)c(C=O)c2O)cc1. The summed E-state index contributed by atoms with van der Waals surface area (Å²) < 4.78 is 6.80. The topological polar surface area (TPSA) is 96.4 Å². The maximum atomic E-state index is 11.6. The monoisotopic (exact) mass is 435 g/mol. The molecule has 2 aromatic rings. The molecule has 0 aliphatic carbocycles. The molecule has 3 N–H and O–H groups in total. The molecule has 166 valence electrons. The number of carbonyl (C=O) groups excluding carboxylic acids is 1. The number of unbranched alkanes of at least 4 members (excludes halogenated alkanes) is 5. The summed E-state index contributed by atoms with van der Waals surface area (Å²) in [5.74, 6) is 1.98. The van der Waals surface area contributed by atoms with Crippen molar-refractivity contribution in [3.05, 3.63) is 40.2 Å². The first-order valence-corrected chi connectivity index (χ1v) is 11.8. The van der Waals surface area contributed by atoms with Crippen LogP contribution in [0.5, 0.6) is 5.88 Å². The number of benzene rings is 1. The number of anilines is 1. The number of rotatable bonds is 16. The predicted octanol–water partition coefficient (Wildman–Crippen LogP) is 4.55. The van der Waals surface area contributed by atoms with Crippen LogP contribution in [0.3, 0.4) is 0 Å². The lowest BCUT2D eigenvalue weighted by Gasteiger charge is -2.09. The molecule has 0 saturated heterocycles. The Morgan fingerprint density at radius 3 is 2.50 bits per heavy atom. The summed E-state index contributed by atoms with van der Waals surface area (Å²) in [5, 5.41) is 15.5. The molecule has 0 atom stereocenters. The van der Waals surface area contributed by atoms with E-state index in [2.05, 4.69) is 17.3 Å². The standard InChI is InChI=1S/C22H33N3O4S/c1-2-3-4-5-6-7-14-30-15-8-13-29-17-23-18-9-11-19(12-10-18)25-22(28)20(16-26)21(27)24-25/h9-12,16,23,28H,2-8,13-15,17H2,1H3,(H,24,27). The Hall–Kier alpha value is -2.19. The van der Waals surface area contributed by atoms with Crippen LogP contribution in [0.2, 0.25) is 0 Å². The van der Waals surface area contributed by atoms with Crippen LogP contribution in [0.15, 0.2) is 29.1 Å². The lowest BCUT2D eigenvalue weighted by molar-refractivity contribution is 0.112. The molecule has 1 aromatic heterocycles. The lowest BCUT2D eigenvalue weighted by Crippen LogP contribution is -2.08. The van der Waals surface area contributed by atoms with Crippen LogP contribution in [0.25, 0.3) is 5.69 Å². The number of nitrogens with one attached hydrogen (secondary N) is 2. The molecule has 0 aliphatic rings. The van der Waals surface area contributed by atoms with Crippen molar-refractivity contribution in [2.75, 3.05) is 30.2 Å². The Labute approximate surface area is 182 Å². The van der Waals surface area contributed by atoms with Crippen molar-refractivity contribution in [3.8, 4) is 11.6 Å². The van der Waals surface area contributed by atoms with Crippen LogP contribution in [-0.4, -0.2) is 46.0 Å². The summed E-state index contributed by atoms with van der Waals surface area (Å²) in [6.07, 6.45) is 9.46. The maximum absolute atomic E-state index is 11.6.